The van der Waals surface area contributed by atoms with Crippen LogP contribution in [0.2, 0.25) is 0 Å². The number of hydrogen-bond acceptors (Lipinski definition) is 4. The monoisotopic (exact) mass is 264 g/mol. The summed E-state index contributed by atoms with van der Waals surface area (Å²) in [5.74, 6) is 2.04. The molecule has 0 aliphatic heterocycles. The van der Waals surface area contributed by atoms with Gasteiger partial charge in [0.2, 0.25) is 0 Å². The van der Waals surface area contributed by atoms with Gasteiger partial charge in [0, 0.05) is 31.1 Å². The van der Waals surface area contributed by atoms with Crippen LogP contribution in [0.3, 0.4) is 0 Å². The third kappa shape index (κ3) is 2.12. The van der Waals surface area contributed by atoms with Crippen LogP contribution in [0.4, 0.5) is 5.82 Å². The SMILES string of the molecule is CCN(CC1CC1)c1nc2sccn2c1CCN. The van der Waals surface area contributed by atoms with Crippen molar-refractivity contribution in [2.45, 2.75) is 26.2 Å². The second kappa shape index (κ2) is 4.90. The molecule has 3 rings (SSSR count). The Bertz CT molecular complexity index is 526. The Kier molecular flexibility index (Phi) is 3.26. The summed E-state index contributed by atoms with van der Waals surface area (Å²) in [4.78, 5) is 8.30. The first-order valence-electron chi connectivity index (χ1n) is 6.73. The van der Waals surface area contributed by atoms with E-state index < -0.39 is 0 Å². The topological polar surface area (TPSA) is 46.6 Å². The molecule has 18 heavy (non-hydrogen) atoms. The van der Waals surface area contributed by atoms with Crippen LogP contribution in [-0.2, 0) is 6.42 Å². The highest BCUT2D eigenvalue weighted by Gasteiger charge is 2.26. The van der Waals surface area contributed by atoms with Gasteiger partial charge in [-0.2, -0.15) is 0 Å². The van der Waals surface area contributed by atoms with E-state index in [9.17, 15) is 0 Å². The second-order valence-electron chi connectivity index (χ2n) is 4.96. The summed E-state index contributed by atoms with van der Waals surface area (Å²) in [5.41, 5.74) is 7.02. The van der Waals surface area contributed by atoms with Crippen LogP contribution >= 0.6 is 11.3 Å². The first-order chi connectivity index (χ1) is 8.83. The third-order valence-electron chi connectivity index (χ3n) is 3.58. The molecular weight excluding hydrogens is 244 g/mol. The fourth-order valence-corrected chi connectivity index (χ4v) is 3.15. The molecule has 1 saturated carbocycles. The number of fused-ring (bicyclic) bond motifs is 1. The zero-order valence-corrected chi connectivity index (χ0v) is 11.6. The third-order valence-corrected chi connectivity index (χ3v) is 4.33. The molecule has 0 atom stereocenters. The van der Waals surface area contributed by atoms with Gasteiger partial charge in [-0.05, 0) is 32.2 Å². The van der Waals surface area contributed by atoms with Gasteiger partial charge in [0.25, 0.3) is 0 Å². The van der Waals surface area contributed by atoms with Crippen molar-refractivity contribution < 1.29 is 0 Å². The minimum Gasteiger partial charge on any atom is -0.355 e. The molecule has 0 aromatic carbocycles. The molecule has 0 amide bonds. The van der Waals surface area contributed by atoms with Crippen molar-refractivity contribution in [1.82, 2.24) is 9.38 Å². The summed E-state index contributed by atoms with van der Waals surface area (Å²) in [7, 11) is 0. The van der Waals surface area contributed by atoms with Gasteiger partial charge in [0.05, 0.1) is 5.69 Å². The van der Waals surface area contributed by atoms with Crippen LogP contribution in [0.15, 0.2) is 11.6 Å². The average Bonchev–Trinajstić information content (AvgIpc) is 2.97. The number of thiazole rings is 1. The van der Waals surface area contributed by atoms with Crippen LogP contribution in [0, 0.1) is 5.92 Å². The number of hydrogen-bond donors (Lipinski definition) is 1. The highest BCUT2D eigenvalue weighted by molar-refractivity contribution is 7.15. The largest absolute Gasteiger partial charge is 0.355 e. The molecule has 1 fully saturated rings. The fraction of sp³-hybridized carbons (Fsp3) is 0.615. The molecule has 4 nitrogen and oxygen atoms in total. The Morgan fingerprint density at radius 2 is 2.39 bits per heavy atom. The van der Waals surface area contributed by atoms with E-state index in [4.69, 9.17) is 10.7 Å². The zero-order valence-electron chi connectivity index (χ0n) is 10.8. The standard InChI is InChI=1S/C13H20N4S/c1-2-16(9-10-3-4-10)12-11(5-6-14)17-7-8-18-13(17)15-12/h7-8,10H,2-6,9,14H2,1H3. The molecule has 0 bridgehead atoms. The molecule has 0 spiro atoms. The van der Waals surface area contributed by atoms with Gasteiger partial charge in [-0.1, -0.05) is 0 Å². The lowest BCUT2D eigenvalue weighted by Gasteiger charge is -2.21. The summed E-state index contributed by atoms with van der Waals surface area (Å²) < 4.78 is 2.20. The molecule has 0 radical (unpaired) electrons. The molecule has 2 heterocycles. The quantitative estimate of drug-likeness (QED) is 0.869. The highest BCUT2D eigenvalue weighted by Crippen LogP contribution is 2.33. The minimum atomic E-state index is 0.678. The Morgan fingerprint density at radius 1 is 1.56 bits per heavy atom. The molecule has 2 aromatic heterocycles. The average molecular weight is 264 g/mol. The normalized spacial score (nSPS) is 15.4. The van der Waals surface area contributed by atoms with Crippen molar-refractivity contribution in [2.75, 3.05) is 24.5 Å². The van der Waals surface area contributed by atoms with E-state index in [-0.39, 0.29) is 0 Å². The molecule has 1 aliphatic rings. The van der Waals surface area contributed by atoms with Crippen molar-refractivity contribution in [3.05, 3.63) is 17.3 Å². The van der Waals surface area contributed by atoms with Crippen LogP contribution in [-0.4, -0.2) is 29.0 Å². The maximum atomic E-state index is 5.75. The van der Waals surface area contributed by atoms with Crippen LogP contribution in [0.5, 0.6) is 0 Å². The van der Waals surface area contributed by atoms with Crippen LogP contribution < -0.4 is 10.6 Å². The van der Waals surface area contributed by atoms with Crippen molar-refractivity contribution >= 4 is 22.1 Å². The van der Waals surface area contributed by atoms with Crippen LogP contribution in [0.1, 0.15) is 25.5 Å². The van der Waals surface area contributed by atoms with Crippen molar-refractivity contribution in [2.24, 2.45) is 11.7 Å². The van der Waals surface area contributed by atoms with E-state index in [0.717, 1.165) is 36.2 Å². The van der Waals surface area contributed by atoms with Crippen LogP contribution in [0.25, 0.3) is 4.96 Å². The summed E-state index contributed by atoms with van der Waals surface area (Å²) in [6.45, 7) is 5.07. The lowest BCUT2D eigenvalue weighted by molar-refractivity contribution is 0.727. The number of rotatable bonds is 6. The van der Waals surface area contributed by atoms with Crippen molar-refractivity contribution in [3.63, 3.8) is 0 Å². The Balaban J connectivity index is 1.96. The summed E-state index contributed by atoms with van der Waals surface area (Å²) in [6, 6.07) is 0. The lowest BCUT2D eigenvalue weighted by Crippen LogP contribution is -2.27. The Labute approximate surface area is 111 Å². The number of nitrogens with zero attached hydrogens (tertiary/aromatic N) is 3. The van der Waals surface area contributed by atoms with E-state index in [1.165, 1.54) is 18.5 Å². The van der Waals surface area contributed by atoms with Crippen molar-refractivity contribution in [1.29, 1.82) is 0 Å². The molecule has 98 valence electrons. The second-order valence-corrected chi connectivity index (χ2v) is 5.83. The van der Waals surface area contributed by atoms with Gasteiger partial charge < -0.3 is 10.6 Å². The molecule has 2 aromatic rings. The molecular formula is C13H20N4S. The number of aromatic nitrogens is 2. The maximum Gasteiger partial charge on any atom is 0.195 e. The maximum absolute atomic E-state index is 5.75. The lowest BCUT2D eigenvalue weighted by atomic mass is 10.2. The summed E-state index contributed by atoms with van der Waals surface area (Å²) >= 11 is 1.69. The van der Waals surface area contributed by atoms with E-state index in [1.54, 1.807) is 11.3 Å². The molecule has 2 N–H and O–H groups in total. The minimum absolute atomic E-state index is 0.678. The smallest absolute Gasteiger partial charge is 0.195 e. The first kappa shape index (κ1) is 12.0. The number of imidazole rings is 1. The molecule has 1 aliphatic carbocycles. The van der Waals surface area contributed by atoms with E-state index in [0.29, 0.717) is 6.54 Å². The Morgan fingerprint density at radius 3 is 3.06 bits per heavy atom. The van der Waals surface area contributed by atoms with Gasteiger partial charge in [-0.3, -0.25) is 4.40 Å². The van der Waals surface area contributed by atoms with Gasteiger partial charge in [-0.15, -0.1) is 11.3 Å². The van der Waals surface area contributed by atoms with E-state index in [2.05, 4.69) is 27.8 Å². The Hall–Kier alpha value is -1.07. The van der Waals surface area contributed by atoms with Crippen molar-refractivity contribution in [3.8, 4) is 0 Å². The zero-order chi connectivity index (χ0) is 12.5. The predicted octanol–water partition coefficient (Wildman–Crippen LogP) is 2.13. The van der Waals surface area contributed by atoms with E-state index >= 15 is 0 Å². The molecule has 0 saturated heterocycles. The highest BCUT2D eigenvalue weighted by atomic mass is 32.1. The predicted molar refractivity (Wildman–Crippen MR) is 76.4 cm³/mol. The van der Waals surface area contributed by atoms with Gasteiger partial charge in [-0.25, -0.2) is 4.98 Å². The number of anilines is 1. The summed E-state index contributed by atoms with van der Waals surface area (Å²) in [6.07, 6.45) is 5.76. The fourth-order valence-electron chi connectivity index (χ4n) is 2.42. The summed E-state index contributed by atoms with van der Waals surface area (Å²) in [5, 5.41) is 2.09. The molecule has 0 unspecified atom stereocenters. The van der Waals surface area contributed by atoms with Gasteiger partial charge >= 0.3 is 0 Å². The first-order valence-corrected chi connectivity index (χ1v) is 7.61. The van der Waals surface area contributed by atoms with Gasteiger partial charge in [0.15, 0.2) is 10.8 Å². The number of nitrogens with two attached hydrogens (primary N) is 1. The van der Waals surface area contributed by atoms with E-state index in [1.807, 2.05) is 0 Å². The van der Waals surface area contributed by atoms with Gasteiger partial charge in [0.1, 0.15) is 0 Å². The molecule has 5 heteroatoms.